The Morgan fingerprint density at radius 2 is 2.00 bits per heavy atom. The lowest BCUT2D eigenvalue weighted by Gasteiger charge is -2.30. The number of nitrogens with zero attached hydrogens (tertiary/aromatic N) is 2. The average molecular weight is 414 g/mol. The topological polar surface area (TPSA) is 99.8 Å². The lowest BCUT2D eigenvalue weighted by atomic mass is 9.94. The first-order valence-corrected chi connectivity index (χ1v) is 8.55. The van der Waals surface area contributed by atoms with Crippen LogP contribution in [0.1, 0.15) is 24.6 Å². The van der Waals surface area contributed by atoms with Crippen molar-refractivity contribution in [2.24, 2.45) is 5.92 Å². The predicted molar refractivity (Wildman–Crippen MR) is 110 cm³/mol. The van der Waals surface area contributed by atoms with Crippen LogP contribution in [0.3, 0.4) is 0 Å². The summed E-state index contributed by atoms with van der Waals surface area (Å²) in [4.78, 5) is 35.9. The molecule has 2 unspecified atom stereocenters. The molecule has 1 aliphatic heterocycles. The minimum absolute atomic E-state index is 0. The van der Waals surface area contributed by atoms with Gasteiger partial charge in [-0.25, -0.2) is 4.98 Å². The SMILES string of the molecule is Cc1nc(-c2ccncc2)[nH]c(=O)c1CC(=O)NC1CNCCC1C.Cl.Cl. The van der Waals surface area contributed by atoms with Gasteiger partial charge >= 0.3 is 0 Å². The molecule has 3 rings (SSSR count). The minimum atomic E-state index is -0.274. The molecule has 2 atom stereocenters. The number of carbonyl (C=O) groups excluding carboxylic acids is 1. The molecule has 3 heterocycles. The van der Waals surface area contributed by atoms with Crippen LogP contribution in [0, 0.1) is 12.8 Å². The van der Waals surface area contributed by atoms with Crippen molar-refractivity contribution >= 4 is 30.7 Å². The molecule has 9 heteroatoms. The van der Waals surface area contributed by atoms with E-state index >= 15 is 0 Å². The van der Waals surface area contributed by atoms with Crippen LogP contribution in [-0.2, 0) is 11.2 Å². The van der Waals surface area contributed by atoms with Crippen molar-refractivity contribution in [2.75, 3.05) is 13.1 Å². The lowest BCUT2D eigenvalue weighted by Crippen LogP contribution is -2.50. The van der Waals surface area contributed by atoms with Gasteiger partial charge in [0.2, 0.25) is 5.91 Å². The second-order valence-corrected chi connectivity index (χ2v) is 6.54. The standard InChI is InChI=1S/C18H23N5O2.2ClH/c1-11-3-6-20-10-15(11)22-16(24)9-14-12(2)21-17(23-18(14)25)13-4-7-19-8-5-13;;/h4-5,7-8,11,15,20H,3,6,9-10H2,1-2H3,(H,22,24)(H,21,23,25);2*1H. The van der Waals surface area contributed by atoms with E-state index in [9.17, 15) is 9.59 Å². The van der Waals surface area contributed by atoms with Crippen LogP contribution in [0.4, 0.5) is 0 Å². The fraction of sp³-hybridized carbons (Fsp3) is 0.444. The van der Waals surface area contributed by atoms with Crippen molar-refractivity contribution in [1.82, 2.24) is 25.6 Å². The predicted octanol–water partition coefficient (Wildman–Crippen LogP) is 1.64. The van der Waals surface area contributed by atoms with Gasteiger partial charge in [0.1, 0.15) is 5.82 Å². The van der Waals surface area contributed by atoms with E-state index in [2.05, 4.69) is 32.5 Å². The Bertz CT molecular complexity index is 813. The normalized spacial score (nSPS) is 18.7. The quantitative estimate of drug-likeness (QED) is 0.707. The van der Waals surface area contributed by atoms with Crippen LogP contribution >= 0.6 is 24.8 Å². The Morgan fingerprint density at radius 1 is 1.30 bits per heavy atom. The molecule has 1 aliphatic rings. The van der Waals surface area contributed by atoms with Gasteiger partial charge in [0.15, 0.2) is 0 Å². The molecule has 0 bridgehead atoms. The number of halogens is 2. The number of amides is 1. The number of nitrogens with one attached hydrogen (secondary N) is 3. The van der Waals surface area contributed by atoms with Crippen molar-refractivity contribution in [3.63, 3.8) is 0 Å². The van der Waals surface area contributed by atoms with E-state index < -0.39 is 0 Å². The van der Waals surface area contributed by atoms with Crippen LogP contribution in [0.2, 0.25) is 0 Å². The number of aromatic amines is 1. The van der Waals surface area contributed by atoms with Gasteiger partial charge < -0.3 is 15.6 Å². The molecule has 1 fully saturated rings. The van der Waals surface area contributed by atoms with Gasteiger partial charge in [-0.15, -0.1) is 24.8 Å². The first-order valence-electron chi connectivity index (χ1n) is 8.55. The number of hydrogen-bond donors (Lipinski definition) is 3. The molecule has 0 radical (unpaired) electrons. The highest BCUT2D eigenvalue weighted by molar-refractivity contribution is 5.85. The van der Waals surface area contributed by atoms with E-state index in [0.717, 1.165) is 25.1 Å². The number of aryl methyl sites for hydroxylation is 1. The van der Waals surface area contributed by atoms with Crippen LogP contribution in [0.25, 0.3) is 11.4 Å². The van der Waals surface area contributed by atoms with E-state index in [-0.39, 0.29) is 48.7 Å². The molecule has 7 nitrogen and oxygen atoms in total. The fourth-order valence-corrected chi connectivity index (χ4v) is 3.07. The van der Waals surface area contributed by atoms with Crippen LogP contribution < -0.4 is 16.2 Å². The van der Waals surface area contributed by atoms with Crippen molar-refractivity contribution in [3.8, 4) is 11.4 Å². The number of carbonyl (C=O) groups is 1. The molecule has 2 aromatic heterocycles. The molecule has 1 saturated heterocycles. The summed E-state index contributed by atoms with van der Waals surface area (Å²) in [5.74, 6) is 0.767. The Kier molecular flexibility index (Phi) is 8.88. The molecule has 0 saturated carbocycles. The second-order valence-electron chi connectivity index (χ2n) is 6.54. The van der Waals surface area contributed by atoms with E-state index in [1.807, 2.05) is 0 Å². The molecule has 0 aromatic carbocycles. The molecule has 2 aromatic rings. The summed E-state index contributed by atoms with van der Waals surface area (Å²) in [6.07, 6.45) is 4.36. The maximum Gasteiger partial charge on any atom is 0.255 e. The number of rotatable bonds is 4. The Balaban J connectivity index is 0.00000182. The molecule has 148 valence electrons. The Labute approximate surface area is 170 Å². The fourth-order valence-electron chi connectivity index (χ4n) is 3.07. The zero-order valence-electron chi connectivity index (χ0n) is 15.3. The highest BCUT2D eigenvalue weighted by atomic mass is 35.5. The van der Waals surface area contributed by atoms with Gasteiger partial charge in [0, 0.05) is 41.8 Å². The molecular weight excluding hydrogens is 389 g/mol. The first-order chi connectivity index (χ1) is 12.0. The second kappa shape index (κ2) is 10.4. The van der Waals surface area contributed by atoms with E-state index in [1.165, 1.54) is 0 Å². The van der Waals surface area contributed by atoms with Gasteiger partial charge in [0.05, 0.1) is 6.42 Å². The number of H-pyrrole nitrogens is 1. The highest BCUT2D eigenvalue weighted by Crippen LogP contribution is 2.14. The maximum absolute atomic E-state index is 12.4. The molecule has 0 spiro atoms. The third-order valence-corrected chi connectivity index (χ3v) is 4.69. The van der Waals surface area contributed by atoms with Gasteiger partial charge in [0.25, 0.3) is 5.56 Å². The monoisotopic (exact) mass is 413 g/mol. The Hall–Kier alpha value is -1.96. The van der Waals surface area contributed by atoms with E-state index in [0.29, 0.717) is 23.0 Å². The maximum atomic E-state index is 12.4. The number of aromatic nitrogens is 3. The Morgan fingerprint density at radius 3 is 2.63 bits per heavy atom. The van der Waals surface area contributed by atoms with Gasteiger partial charge in [-0.05, 0) is 37.9 Å². The van der Waals surface area contributed by atoms with Crippen LogP contribution in [0.15, 0.2) is 29.3 Å². The summed E-state index contributed by atoms with van der Waals surface area (Å²) in [6.45, 7) is 5.64. The van der Waals surface area contributed by atoms with Crippen LogP contribution in [0.5, 0.6) is 0 Å². The van der Waals surface area contributed by atoms with E-state index in [1.54, 1.807) is 31.5 Å². The van der Waals surface area contributed by atoms with Crippen molar-refractivity contribution in [2.45, 2.75) is 32.7 Å². The third-order valence-electron chi connectivity index (χ3n) is 4.69. The molecular formula is C18H25Cl2N5O2. The van der Waals surface area contributed by atoms with Crippen molar-refractivity contribution in [1.29, 1.82) is 0 Å². The number of hydrogen-bond acceptors (Lipinski definition) is 5. The van der Waals surface area contributed by atoms with Gasteiger partial charge in [-0.2, -0.15) is 0 Å². The van der Waals surface area contributed by atoms with Crippen molar-refractivity contribution in [3.05, 3.63) is 46.1 Å². The molecule has 27 heavy (non-hydrogen) atoms. The zero-order chi connectivity index (χ0) is 17.8. The molecule has 0 aliphatic carbocycles. The van der Waals surface area contributed by atoms with Crippen LogP contribution in [-0.4, -0.2) is 40.0 Å². The smallest absolute Gasteiger partial charge is 0.255 e. The summed E-state index contributed by atoms with van der Waals surface area (Å²) in [5.41, 5.74) is 1.49. The summed E-state index contributed by atoms with van der Waals surface area (Å²) >= 11 is 0. The largest absolute Gasteiger partial charge is 0.352 e. The zero-order valence-corrected chi connectivity index (χ0v) is 17.0. The molecule has 1 amide bonds. The lowest BCUT2D eigenvalue weighted by molar-refractivity contribution is -0.121. The van der Waals surface area contributed by atoms with Gasteiger partial charge in [-0.3, -0.25) is 14.6 Å². The number of piperidine rings is 1. The third kappa shape index (κ3) is 5.76. The highest BCUT2D eigenvalue weighted by Gasteiger charge is 2.23. The summed E-state index contributed by atoms with van der Waals surface area (Å²) in [6, 6.07) is 3.66. The van der Waals surface area contributed by atoms with Gasteiger partial charge in [-0.1, -0.05) is 6.92 Å². The van der Waals surface area contributed by atoms with Crippen molar-refractivity contribution < 1.29 is 4.79 Å². The summed E-state index contributed by atoms with van der Waals surface area (Å²) < 4.78 is 0. The van der Waals surface area contributed by atoms with E-state index in [4.69, 9.17) is 0 Å². The first kappa shape index (κ1) is 23.1. The molecule has 3 N–H and O–H groups in total. The summed E-state index contributed by atoms with van der Waals surface area (Å²) in [7, 11) is 0. The minimum Gasteiger partial charge on any atom is -0.352 e. The number of pyridine rings is 1. The average Bonchev–Trinajstić information content (AvgIpc) is 2.61. The summed E-state index contributed by atoms with van der Waals surface area (Å²) in [5, 5.41) is 6.31.